The van der Waals surface area contributed by atoms with Gasteiger partial charge in [-0.2, -0.15) is 12.6 Å². The monoisotopic (exact) mass is 256 g/mol. The van der Waals surface area contributed by atoms with E-state index in [2.05, 4.69) is 22.4 Å². The highest BCUT2D eigenvalue weighted by atomic mass is 32.1. The molecule has 0 aromatic heterocycles. The van der Waals surface area contributed by atoms with E-state index in [1.165, 1.54) is 77.8 Å². The van der Waals surface area contributed by atoms with Gasteiger partial charge >= 0.3 is 0 Å². The lowest BCUT2D eigenvalue weighted by Crippen LogP contribution is -2.47. The molecule has 2 aliphatic rings. The first kappa shape index (κ1) is 13.7. The summed E-state index contributed by atoms with van der Waals surface area (Å²) in [6.45, 7) is 7.94. The van der Waals surface area contributed by atoms with Gasteiger partial charge < -0.3 is 9.80 Å². The Kier molecular flexibility index (Phi) is 6.16. The third kappa shape index (κ3) is 5.62. The Labute approximate surface area is 112 Å². The Bertz CT molecular complexity index is 198. The van der Waals surface area contributed by atoms with E-state index in [9.17, 15) is 0 Å². The first-order chi connectivity index (χ1) is 8.38. The fraction of sp³-hybridized carbons (Fsp3) is 1.00. The van der Waals surface area contributed by atoms with Gasteiger partial charge in [-0.3, -0.25) is 0 Å². The SMILES string of the molecule is SCCCCCCN1CCN(CC2CC2)CC1. The summed E-state index contributed by atoms with van der Waals surface area (Å²) in [5, 5.41) is 0. The molecule has 0 radical (unpaired) electrons. The van der Waals surface area contributed by atoms with Crippen molar-refractivity contribution in [2.45, 2.75) is 38.5 Å². The van der Waals surface area contributed by atoms with Crippen LogP contribution in [-0.4, -0.2) is 54.8 Å². The van der Waals surface area contributed by atoms with Crippen LogP contribution >= 0.6 is 12.6 Å². The summed E-state index contributed by atoms with van der Waals surface area (Å²) in [6.07, 6.45) is 8.42. The molecular formula is C14H28N2S. The van der Waals surface area contributed by atoms with E-state index in [4.69, 9.17) is 0 Å². The molecule has 0 aromatic carbocycles. The molecule has 1 aliphatic heterocycles. The van der Waals surface area contributed by atoms with E-state index in [-0.39, 0.29) is 0 Å². The second-order valence-electron chi connectivity index (χ2n) is 5.72. The molecule has 0 aromatic rings. The van der Waals surface area contributed by atoms with Gasteiger partial charge in [-0.1, -0.05) is 12.8 Å². The van der Waals surface area contributed by atoms with Crippen LogP contribution in [0.4, 0.5) is 0 Å². The summed E-state index contributed by atoms with van der Waals surface area (Å²) in [4.78, 5) is 5.33. The van der Waals surface area contributed by atoms with Gasteiger partial charge in [-0.15, -0.1) is 0 Å². The zero-order chi connectivity index (χ0) is 11.9. The lowest BCUT2D eigenvalue weighted by molar-refractivity contribution is 0.127. The van der Waals surface area contributed by atoms with Gasteiger partial charge in [0.25, 0.3) is 0 Å². The molecule has 1 aliphatic carbocycles. The minimum absolute atomic E-state index is 1.06. The molecular weight excluding hydrogens is 228 g/mol. The predicted octanol–water partition coefficient (Wildman–Crippen LogP) is 2.50. The average molecular weight is 256 g/mol. The maximum absolute atomic E-state index is 4.25. The predicted molar refractivity (Wildman–Crippen MR) is 77.9 cm³/mol. The van der Waals surface area contributed by atoms with Crippen molar-refractivity contribution in [1.29, 1.82) is 0 Å². The Hall–Kier alpha value is 0.270. The van der Waals surface area contributed by atoms with Crippen molar-refractivity contribution in [3.8, 4) is 0 Å². The molecule has 2 fully saturated rings. The van der Waals surface area contributed by atoms with Crippen LogP contribution in [0.5, 0.6) is 0 Å². The Morgan fingerprint density at radius 3 is 2.12 bits per heavy atom. The zero-order valence-electron chi connectivity index (χ0n) is 11.1. The summed E-state index contributed by atoms with van der Waals surface area (Å²) >= 11 is 4.25. The number of rotatable bonds is 8. The fourth-order valence-electron chi connectivity index (χ4n) is 2.66. The first-order valence-electron chi connectivity index (χ1n) is 7.44. The van der Waals surface area contributed by atoms with Gasteiger partial charge in [0.15, 0.2) is 0 Å². The number of hydrogen-bond acceptors (Lipinski definition) is 3. The maximum atomic E-state index is 4.25. The normalized spacial score (nSPS) is 23.1. The highest BCUT2D eigenvalue weighted by Gasteiger charge is 2.26. The largest absolute Gasteiger partial charge is 0.301 e. The number of piperazine rings is 1. The summed E-state index contributed by atoms with van der Waals surface area (Å²) in [5.41, 5.74) is 0. The van der Waals surface area contributed by atoms with Crippen LogP contribution in [0.3, 0.4) is 0 Å². The van der Waals surface area contributed by atoms with Crippen molar-refractivity contribution in [2.75, 3.05) is 45.0 Å². The second kappa shape index (κ2) is 7.65. The molecule has 1 saturated heterocycles. The molecule has 2 nitrogen and oxygen atoms in total. The number of nitrogens with zero attached hydrogens (tertiary/aromatic N) is 2. The minimum atomic E-state index is 1.06. The van der Waals surface area contributed by atoms with Gasteiger partial charge in [0.1, 0.15) is 0 Å². The highest BCUT2D eigenvalue weighted by molar-refractivity contribution is 7.80. The van der Waals surface area contributed by atoms with E-state index >= 15 is 0 Å². The Balaban J connectivity index is 1.46. The number of thiol groups is 1. The van der Waals surface area contributed by atoms with Gasteiger partial charge in [0.2, 0.25) is 0 Å². The van der Waals surface area contributed by atoms with E-state index in [1.54, 1.807) is 0 Å². The molecule has 1 heterocycles. The van der Waals surface area contributed by atoms with Crippen LogP contribution in [0.15, 0.2) is 0 Å². The number of unbranched alkanes of at least 4 members (excludes halogenated alkanes) is 3. The molecule has 0 unspecified atom stereocenters. The second-order valence-corrected chi connectivity index (χ2v) is 6.17. The molecule has 3 heteroatoms. The molecule has 2 rings (SSSR count). The van der Waals surface area contributed by atoms with Gasteiger partial charge in [0, 0.05) is 32.7 Å². The lowest BCUT2D eigenvalue weighted by Gasteiger charge is -2.34. The van der Waals surface area contributed by atoms with Crippen LogP contribution in [0.1, 0.15) is 38.5 Å². The van der Waals surface area contributed by atoms with Crippen LogP contribution < -0.4 is 0 Å². The summed E-state index contributed by atoms with van der Waals surface area (Å²) < 4.78 is 0. The molecule has 0 spiro atoms. The fourth-order valence-corrected chi connectivity index (χ4v) is 2.89. The Morgan fingerprint density at radius 1 is 0.824 bits per heavy atom. The van der Waals surface area contributed by atoms with E-state index in [1.807, 2.05) is 0 Å². The molecule has 0 amide bonds. The standard InChI is InChI=1S/C14H28N2S/c17-12-4-2-1-3-7-15-8-10-16(11-9-15)13-14-5-6-14/h14,17H,1-13H2. The van der Waals surface area contributed by atoms with Crippen LogP contribution in [0.2, 0.25) is 0 Å². The Morgan fingerprint density at radius 2 is 1.47 bits per heavy atom. The molecule has 0 N–H and O–H groups in total. The topological polar surface area (TPSA) is 6.48 Å². The van der Waals surface area contributed by atoms with Crippen LogP contribution in [0, 0.1) is 5.92 Å². The first-order valence-corrected chi connectivity index (χ1v) is 8.07. The van der Waals surface area contributed by atoms with Crippen molar-refractivity contribution in [2.24, 2.45) is 5.92 Å². The van der Waals surface area contributed by atoms with Crippen molar-refractivity contribution in [3.63, 3.8) is 0 Å². The van der Waals surface area contributed by atoms with Crippen molar-refractivity contribution >= 4 is 12.6 Å². The molecule has 0 bridgehead atoms. The third-order valence-electron chi connectivity index (χ3n) is 4.06. The van der Waals surface area contributed by atoms with Crippen molar-refractivity contribution in [3.05, 3.63) is 0 Å². The summed E-state index contributed by atoms with van der Waals surface area (Å²) in [6, 6.07) is 0. The van der Waals surface area contributed by atoms with Crippen molar-refractivity contribution in [1.82, 2.24) is 9.80 Å². The smallest absolute Gasteiger partial charge is 0.0110 e. The summed E-state index contributed by atoms with van der Waals surface area (Å²) in [7, 11) is 0. The molecule has 17 heavy (non-hydrogen) atoms. The minimum Gasteiger partial charge on any atom is -0.301 e. The maximum Gasteiger partial charge on any atom is 0.0110 e. The van der Waals surface area contributed by atoms with E-state index in [0.29, 0.717) is 0 Å². The molecule has 100 valence electrons. The van der Waals surface area contributed by atoms with Crippen LogP contribution in [0.25, 0.3) is 0 Å². The average Bonchev–Trinajstić information content (AvgIpc) is 3.15. The zero-order valence-corrected chi connectivity index (χ0v) is 12.0. The van der Waals surface area contributed by atoms with Gasteiger partial charge in [-0.25, -0.2) is 0 Å². The molecule has 1 saturated carbocycles. The third-order valence-corrected chi connectivity index (χ3v) is 4.38. The van der Waals surface area contributed by atoms with Gasteiger partial charge in [0.05, 0.1) is 0 Å². The lowest BCUT2D eigenvalue weighted by atomic mass is 10.2. The van der Waals surface area contributed by atoms with Crippen molar-refractivity contribution < 1.29 is 0 Å². The highest BCUT2D eigenvalue weighted by Crippen LogP contribution is 2.29. The quantitative estimate of drug-likeness (QED) is 0.526. The summed E-state index contributed by atoms with van der Waals surface area (Å²) in [5.74, 6) is 2.11. The van der Waals surface area contributed by atoms with Gasteiger partial charge in [-0.05, 0) is 43.9 Å². The number of hydrogen-bond donors (Lipinski definition) is 1. The van der Waals surface area contributed by atoms with Crippen LogP contribution in [-0.2, 0) is 0 Å². The van der Waals surface area contributed by atoms with E-state index < -0.39 is 0 Å². The molecule has 0 atom stereocenters. The van der Waals surface area contributed by atoms with E-state index in [0.717, 1.165) is 11.7 Å².